The molecule has 2 N–H and O–H groups in total. The highest BCUT2D eigenvalue weighted by Crippen LogP contribution is 2.31. The molecule has 1 aliphatic rings. The zero-order valence-electron chi connectivity index (χ0n) is 12.0. The van der Waals surface area contributed by atoms with Gasteiger partial charge in [-0.2, -0.15) is 0 Å². The maximum absolute atomic E-state index is 9.71. The van der Waals surface area contributed by atoms with E-state index in [1.807, 2.05) is 12.1 Å². The van der Waals surface area contributed by atoms with E-state index >= 15 is 0 Å². The van der Waals surface area contributed by atoms with E-state index in [4.69, 9.17) is 4.74 Å². The minimum atomic E-state index is -0.0769. The number of aliphatic hydroxyl groups is 1. The van der Waals surface area contributed by atoms with Crippen LogP contribution in [0, 0.1) is 5.92 Å². The lowest BCUT2D eigenvalue weighted by Gasteiger charge is -2.39. The highest BCUT2D eigenvalue weighted by Gasteiger charge is 2.32. The molecule has 1 aromatic rings. The Kier molecular flexibility index (Phi) is 4.83. The van der Waals surface area contributed by atoms with Crippen molar-refractivity contribution in [1.82, 2.24) is 5.32 Å². The van der Waals surface area contributed by atoms with Crippen molar-refractivity contribution in [2.75, 3.05) is 13.7 Å². The lowest BCUT2D eigenvalue weighted by molar-refractivity contribution is 0.104. The van der Waals surface area contributed by atoms with Gasteiger partial charge in [-0.05, 0) is 49.3 Å². The van der Waals surface area contributed by atoms with Gasteiger partial charge in [0, 0.05) is 12.1 Å². The minimum absolute atomic E-state index is 0.0769. The van der Waals surface area contributed by atoms with Crippen LogP contribution in [0.4, 0.5) is 0 Å². The van der Waals surface area contributed by atoms with E-state index in [-0.39, 0.29) is 12.1 Å². The largest absolute Gasteiger partial charge is 0.497 e. The zero-order valence-corrected chi connectivity index (χ0v) is 12.0. The van der Waals surface area contributed by atoms with E-state index in [2.05, 4.69) is 24.4 Å². The van der Waals surface area contributed by atoms with Crippen LogP contribution in [0.5, 0.6) is 5.75 Å². The van der Waals surface area contributed by atoms with Gasteiger partial charge in [-0.15, -0.1) is 0 Å². The van der Waals surface area contributed by atoms with Gasteiger partial charge < -0.3 is 15.2 Å². The number of benzene rings is 1. The highest BCUT2D eigenvalue weighted by atomic mass is 16.5. The third-order valence-corrected chi connectivity index (χ3v) is 4.36. The molecule has 0 unspecified atom stereocenters. The lowest BCUT2D eigenvalue weighted by Crippen LogP contribution is -2.50. The summed E-state index contributed by atoms with van der Waals surface area (Å²) in [7, 11) is 1.68. The molecule has 0 atom stereocenters. The molecule has 2 rings (SSSR count). The summed E-state index contributed by atoms with van der Waals surface area (Å²) in [5, 5.41) is 13.3. The Bertz CT molecular complexity index is 380. The van der Waals surface area contributed by atoms with Crippen LogP contribution in [0.2, 0.25) is 0 Å². The fourth-order valence-electron chi connectivity index (χ4n) is 2.74. The highest BCUT2D eigenvalue weighted by molar-refractivity contribution is 5.27. The molecule has 3 heteroatoms. The Labute approximate surface area is 116 Å². The van der Waals surface area contributed by atoms with Gasteiger partial charge in [0.25, 0.3) is 0 Å². The molecule has 0 spiro atoms. The van der Waals surface area contributed by atoms with Gasteiger partial charge in [0.05, 0.1) is 13.7 Å². The summed E-state index contributed by atoms with van der Waals surface area (Å²) < 4.78 is 5.16. The van der Waals surface area contributed by atoms with Crippen molar-refractivity contribution < 1.29 is 9.84 Å². The molecule has 0 radical (unpaired) electrons. The SMILES string of the molecule is COc1ccc(CNC2(CO)CCC(C)CC2)cc1. The average molecular weight is 263 g/mol. The van der Waals surface area contributed by atoms with Crippen LogP contribution in [0.3, 0.4) is 0 Å². The van der Waals surface area contributed by atoms with Crippen molar-refractivity contribution in [1.29, 1.82) is 0 Å². The minimum Gasteiger partial charge on any atom is -0.497 e. The third kappa shape index (κ3) is 3.71. The van der Waals surface area contributed by atoms with Gasteiger partial charge >= 0.3 is 0 Å². The van der Waals surface area contributed by atoms with Crippen LogP contribution in [0.15, 0.2) is 24.3 Å². The van der Waals surface area contributed by atoms with Gasteiger partial charge in [0.1, 0.15) is 5.75 Å². The van der Waals surface area contributed by atoms with Crippen LogP contribution < -0.4 is 10.1 Å². The van der Waals surface area contributed by atoms with Gasteiger partial charge in [-0.1, -0.05) is 19.1 Å². The summed E-state index contributed by atoms with van der Waals surface area (Å²) in [6.07, 6.45) is 4.55. The number of nitrogens with one attached hydrogen (secondary N) is 1. The van der Waals surface area contributed by atoms with Crippen LogP contribution >= 0.6 is 0 Å². The number of aliphatic hydroxyl groups excluding tert-OH is 1. The normalized spacial score (nSPS) is 27.2. The first-order valence-corrected chi connectivity index (χ1v) is 7.16. The second kappa shape index (κ2) is 6.40. The molecule has 1 aromatic carbocycles. The Morgan fingerprint density at radius 2 is 1.89 bits per heavy atom. The number of rotatable bonds is 5. The Hall–Kier alpha value is -1.06. The van der Waals surface area contributed by atoms with Gasteiger partial charge in [-0.25, -0.2) is 0 Å². The van der Waals surface area contributed by atoms with E-state index in [1.165, 1.54) is 18.4 Å². The molecular weight excluding hydrogens is 238 g/mol. The molecule has 0 saturated heterocycles. The first-order chi connectivity index (χ1) is 9.17. The van der Waals surface area contributed by atoms with E-state index in [9.17, 15) is 5.11 Å². The Balaban J connectivity index is 1.91. The van der Waals surface area contributed by atoms with Gasteiger partial charge in [-0.3, -0.25) is 0 Å². The number of hydrogen-bond acceptors (Lipinski definition) is 3. The Morgan fingerprint density at radius 1 is 1.26 bits per heavy atom. The molecule has 0 aliphatic heterocycles. The maximum Gasteiger partial charge on any atom is 0.118 e. The van der Waals surface area contributed by atoms with Crippen molar-refractivity contribution in [2.24, 2.45) is 5.92 Å². The van der Waals surface area contributed by atoms with Crippen molar-refractivity contribution in [3.05, 3.63) is 29.8 Å². The number of ether oxygens (including phenoxy) is 1. The molecule has 3 nitrogen and oxygen atoms in total. The molecule has 1 aliphatic carbocycles. The number of hydrogen-bond donors (Lipinski definition) is 2. The summed E-state index contributed by atoms with van der Waals surface area (Å²) in [5.74, 6) is 1.68. The molecule has 0 amide bonds. The third-order valence-electron chi connectivity index (χ3n) is 4.36. The first-order valence-electron chi connectivity index (χ1n) is 7.16. The van der Waals surface area contributed by atoms with Crippen LogP contribution in [-0.2, 0) is 6.54 Å². The fourth-order valence-corrected chi connectivity index (χ4v) is 2.74. The van der Waals surface area contributed by atoms with Crippen molar-refractivity contribution in [3.8, 4) is 5.75 Å². The molecule has 1 fully saturated rings. The predicted molar refractivity (Wildman–Crippen MR) is 77.3 cm³/mol. The summed E-state index contributed by atoms with van der Waals surface area (Å²) >= 11 is 0. The quantitative estimate of drug-likeness (QED) is 0.858. The van der Waals surface area contributed by atoms with E-state index < -0.39 is 0 Å². The topological polar surface area (TPSA) is 41.5 Å². The fraction of sp³-hybridized carbons (Fsp3) is 0.625. The van der Waals surface area contributed by atoms with Crippen LogP contribution in [-0.4, -0.2) is 24.4 Å². The van der Waals surface area contributed by atoms with Crippen molar-refractivity contribution in [3.63, 3.8) is 0 Å². The van der Waals surface area contributed by atoms with E-state index in [0.717, 1.165) is 31.1 Å². The second-order valence-corrected chi connectivity index (χ2v) is 5.82. The standard InChI is InChI=1S/C16H25NO2/c1-13-7-9-16(12-18,10-8-13)17-11-14-3-5-15(19-2)6-4-14/h3-6,13,17-18H,7-12H2,1-2H3. The molecule has 0 heterocycles. The molecule has 1 saturated carbocycles. The molecular formula is C16H25NO2. The summed E-state index contributed by atoms with van der Waals surface area (Å²) in [6, 6.07) is 8.10. The van der Waals surface area contributed by atoms with Crippen molar-refractivity contribution >= 4 is 0 Å². The van der Waals surface area contributed by atoms with Crippen LogP contribution in [0.25, 0.3) is 0 Å². The lowest BCUT2D eigenvalue weighted by atomic mass is 9.77. The zero-order chi connectivity index (χ0) is 13.7. The summed E-state index contributed by atoms with van der Waals surface area (Å²) in [6.45, 7) is 3.33. The average Bonchev–Trinajstić information content (AvgIpc) is 2.48. The smallest absolute Gasteiger partial charge is 0.118 e. The molecule has 0 bridgehead atoms. The van der Waals surface area contributed by atoms with E-state index in [1.54, 1.807) is 7.11 Å². The number of methoxy groups -OCH3 is 1. The maximum atomic E-state index is 9.71. The molecule has 19 heavy (non-hydrogen) atoms. The molecule has 106 valence electrons. The van der Waals surface area contributed by atoms with E-state index in [0.29, 0.717) is 0 Å². The molecule has 0 aromatic heterocycles. The predicted octanol–water partition coefficient (Wildman–Crippen LogP) is 2.73. The van der Waals surface area contributed by atoms with Crippen LogP contribution in [0.1, 0.15) is 38.2 Å². The monoisotopic (exact) mass is 263 g/mol. The Morgan fingerprint density at radius 3 is 2.42 bits per heavy atom. The van der Waals surface area contributed by atoms with Gasteiger partial charge in [0.2, 0.25) is 0 Å². The van der Waals surface area contributed by atoms with Crippen molar-refractivity contribution in [2.45, 2.75) is 44.7 Å². The second-order valence-electron chi connectivity index (χ2n) is 5.82. The van der Waals surface area contributed by atoms with Gasteiger partial charge in [0.15, 0.2) is 0 Å². The first kappa shape index (κ1) is 14.4. The summed E-state index contributed by atoms with van der Waals surface area (Å²) in [5.41, 5.74) is 1.15. The summed E-state index contributed by atoms with van der Waals surface area (Å²) in [4.78, 5) is 0.